The van der Waals surface area contributed by atoms with Crippen LogP contribution in [0.15, 0.2) is 23.8 Å². The van der Waals surface area contributed by atoms with Crippen LogP contribution in [0.3, 0.4) is 0 Å². The summed E-state index contributed by atoms with van der Waals surface area (Å²) in [5.74, 6) is -0.720. The van der Waals surface area contributed by atoms with Crippen molar-refractivity contribution in [2.45, 2.75) is 6.42 Å². The molecule has 8 nitrogen and oxygen atoms in total. The maximum absolute atomic E-state index is 12.7. The van der Waals surface area contributed by atoms with Gasteiger partial charge in [0.15, 0.2) is 0 Å². The molecule has 0 aliphatic rings. The van der Waals surface area contributed by atoms with Crippen molar-refractivity contribution in [1.29, 1.82) is 0 Å². The summed E-state index contributed by atoms with van der Waals surface area (Å²) in [5.41, 5.74) is 6.41. The Morgan fingerprint density at radius 1 is 1.28 bits per heavy atom. The predicted octanol–water partition coefficient (Wildman–Crippen LogP) is 3.93. The lowest BCUT2D eigenvalue weighted by atomic mass is 10.2. The molecule has 4 N–H and O–H groups in total. The minimum absolute atomic E-state index is 0.00645. The number of rotatable bonds is 7. The maximum Gasteiger partial charge on any atom is 0.258 e. The number of nitrogens with one attached hydrogen (secondary N) is 2. The number of amides is 1. The van der Waals surface area contributed by atoms with Crippen LogP contribution < -0.4 is 15.8 Å². The average Bonchev–Trinajstić information content (AvgIpc) is 3.11. The van der Waals surface area contributed by atoms with E-state index in [1.54, 1.807) is 5.38 Å². The molecule has 0 aliphatic heterocycles. The molecule has 3 rings (SSSR count). The van der Waals surface area contributed by atoms with E-state index in [1.807, 2.05) is 0 Å². The van der Waals surface area contributed by atoms with E-state index in [4.69, 9.17) is 28.9 Å². The summed E-state index contributed by atoms with van der Waals surface area (Å²) in [6.45, 7) is -0.765. The molecule has 0 radical (unpaired) electrons. The zero-order chi connectivity index (χ0) is 21.2. The Hall–Kier alpha value is -2.21. The van der Waals surface area contributed by atoms with Crippen molar-refractivity contribution >= 4 is 77.9 Å². The van der Waals surface area contributed by atoms with E-state index in [9.17, 15) is 17.6 Å². The summed E-state index contributed by atoms with van der Waals surface area (Å²) in [6.07, 6.45) is 1.09. The van der Waals surface area contributed by atoms with Gasteiger partial charge < -0.3 is 11.1 Å². The van der Waals surface area contributed by atoms with E-state index < -0.39 is 28.4 Å². The van der Waals surface area contributed by atoms with Crippen LogP contribution >= 0.6 is 34.5 Å². The molecule has 0 fully saturated rings. The lowest BCUT2D eigenvalue weighted by molar-refractivity contribution is 0.102. The van der Waals surface area contributed by atoms with Gasteiger partial charge in [0.2, 0.25) is 10.0 Å². The fraction of sp³-hybridized carbons (Fsp3) is 0.188. The van der Waals surface area contributed by atoms with Crippen LogP contribution in [-0.2, 0) is 10.0 Å². The zero-order valence-corrected chi connectivity index (χ0v) is 17.7. The Bertz CT molecular complexity index is 1190. The zero-order valence-electron chi connectivity index (χ0n) is 14.6. The van der Waals surface area contributed by atoms with Gasteiger partial charge in [0.1, 0.15) is 12.1 Å². The number of sulfonamides is 1. The van der Waals surface area contributed by atoms with Gasteiger partial charge in [-0.1, -0.05) is 23.2 Å². The van der Waals surface area contributed by atoms with E-state index in [2.05, 4.69) is 20.0 Å². The number of nitrogen functional groups attached to an aromatic ring is 1. The first kappa shape index (κ1) is 21.5. The largest absolute Gasteiger partial charge is 0.382 e. The minimum atomic E-state index is -3.81. The summed E-state index contributed by atoms with van der Waals surface area (Å²) in [7, 11) is -3.81. The number of fused-ring (bicyclic) bond motifs is 1. The first-order valence-corrected chi connectivity index (χ1v) is 11.4. The van der Waals surface area contributed by atoms with Crippen molar-refractivity contribution in [1.82, 2.24) is 9.97 Å². The quantitative estimate of drug-likeness (QED) is 0.472. The number of thiophene rings is 1. The van der Waals surface area contributed by atoms with E-state index in [0.717, 1.165) is 0 Å². The molecule has 13 heteroatoms. The molecular formula is C16H14Cl2FN5O3S2. The Balaban J connectivity index is 1.90. The molecule has 154 valence electrons. The summed E-state index contributed by atoms with van der Waals surface area (Å²) < 4.78 is 39.1. The number of alkyl halides is 1. The van der Waals surface area contributed by atoms with Gasteiger partial charge in [-0.25, -0.2) is 18.4 Å². The van der Waals surface area contributed by atoms with Crippen LogP contribution in [0.1, 0.15) is 16.8 Å². The predicted molar refractivity (Wildman–Crippen MR) is 114 cm³/mol. The van der Waals surface area contributed by atoms with Gasteiger partial charge in [0, 0.05) is 5.38 Å². The number of carbonyl (C=O) groups is 1. The molecule has 29 heavy (non-hydrogen) atoms. The lowest BCUT2D eigenvalue weighted by Crippen LogP contribution is -2.18. The van der Waals surface area contributed by atoms with E-state index in [1.165, 1.54) is 29.8 Å². The number of hydrogen-bond donors (Lipinski definition) is 3. The van der Waals surface area contributed by atoms with Crippen LogP contribution in [-0.4, -0.2) is 36.7 Å². The average molecular weight is 478 g/mol. The Kier molecular flexibility index (Phi) is 6.42. The first-order chi connectivity index (χ1) is 13.7. The van der Waals surface area contributed by atoms with Crippen LogP contribution in [0, 0.1) is 0 Å². The summed E-state index contributed by atoms with van der Waals surface area (Å²) in [6, 6.07) is 2.73. The second kappa shape index (κ2) is 8.66. The number of aromatic nitrogens is 2. The second-order valence-electron chi connectivity index (χ2n) is 5.79. The van der Waals surface area contributed by atoms with Crippen molar-refractivity contribution < 1.29 is 17.6 Å². The van der Waals surface area contributed by atoms with Crippen molar-refractivity contribution in [2.24, 2.45) is 0 Å². The van der Waals surface area contributed by atoms with Gasteiger partial charge in [-0.05, 0) is 18.6 Å². The highest BCUT2D eigenvalue weighted by atomic mass is 35.5. The normalized spacial score (nSPS) is 11.6. The topological polar surface area (TPSA) is 127 Å². The third kappa shape index (κ3) is 4.69. The minimum Gasteiger partial charge on any atom is -0.382 e. The second-order valence-corrected chi connectivity index (χ2v) is 9.29. The van der Waals surface area contributed by atoms with Gasteiger partial charge >= 0.3 is 0 Å². The molecule has 1 aromatic carbocycles. The first-order valence-electron chi connectivity index (χ1n) is 8.07. The highest BCUT2D eigenvalue weighted by Gasteiger charge is 2.21. The molecule has 0 saturated carbocycles. The highest BCUT2D eigenvalue weighted by Crippen LogP contribution is 2.38. The van der Waals surface area contributed by atoms with Crippen molar-refractivity contribution in [2.75, 3.05) is 28.2 Å². The molecule has 2 aromatic heterocycles. The molecule has 3 aromatic rings. The maximum atomic E-state index is 12.7. The number of nitrogens with two attached hydrogens (primary N) is 1. The number of benzene rings is 1. The van der Waals surface area contributed by atoms with Crippen molar-refractivity contribution in [3.8, 4) is 0 Å². The van der Waals surface area contributed by atoms with Crippen LogP contribution in [0.5, 0.6) is 0 Å². The molecule has 1 amide bonds. The fourth-order valence-corrected chi connectivity index (χ4v) is 4.99. The van der Waals surface area contributed by atoms with Crippen molar-refractivity contribution in [3.63, 3.8) is 0 Å². The Labute approximate surface area is 179 Å². The van der Waals surface area contributed by atoms with Crippen LogP contribution in [0.25, 0.3) is 10.2 Å². The summed E-state index contributed by atoms with van der Waals surface area (Å²) in [4.78, 5) is 20.7. The summed E-state index contributed by atoms with van der Waals surface area (Å²) >= 11 is 13.6. The van der Waals surface area contributed by atoms with Gasteiger partial charge in [-0.15, -0.1) is 11.3 Å². The Morgan fingerprint density at radius 2 is 2.03 bits per heavy atom. The lowest BCUT2D eigenvalue weighted by Gasteiger charge is -2.14. The van der Waals surface area contributed by atoms with Gasteiger partial charge in [-0.3, -0.25) is 13.9 Å². The number of carbonyl (C=O) groups excluding carboxylic acids is 1. The van der Waals surface area contributed by atoms with Gasteiger partial charge in [0.25, 0.3) is 5.91 Å². The number of halogens is 3. The molecule has 2 heterocycles. The van der Waals surface area contributed by atoms with Gasteiger partial charge in [-0.2, -0.15) is 0 Å². The molecule has 0 spiro atoms. The number of hydrogen-bond acceptors (Lipinski definition) is 7. The number of anilines is 3. The number of nitrogens with zero attached hydrogens (tertiary/aromatic N) is 2. The summed E-state index contributed by atoms with van der Waals surface area (Å²) in [5, 5.41) is 4.13. The van der Waals surface area contributed by atoms with E-state index >= 15 is 0 Å². The molecule has 0 aliphatic carbocycles. The van der Waals surface area contributed by atoms with E-state index in [-0.39, 0.29) is 39.2 Å². The molecule has 0 bridgehead atoms. The fourth-order valence-electron chi connectivity index (χ4n) is 2.42. The third-order valence-electron chi connectivity index (χ3n) is 3.77. The van der Waals surface area contributed by atoms with Crippen LogP contribution in [0.2, 0.25) is 10.0 Å². The van der Waals surface area contributed by atoms with Crippen molar-refractivity contribution in [3.05, 3.63) is 39.4 Å². The SMILES string of the molecule is Nc1ncnc2c(C(=O)Nc3c(Cl)ccc(NS(=O)(=O)CCCF)c3Cl)csc12. The standard InChI is InChI=1S/C16H14Cl2FN5O3S2/c17-9-2-3-10(24-29(26,27)5-1-4-19)11(18)13(9)23-16(25)8-6-28-14-12(8)21-7-22-15(14)20/h2-3,6-7,24H,1,4-5H2,(H,23,25)(H2,20,21,22). The molecular weight excluding hydrogens is 464 g/mol. The third-order valence-corrected chi connectivity index (χ3v) is 6.82. The monoisotopic (exact) mass is 477 g/mol. The molecule has 0 atom stereocenters. The van der Waals surface area contributed by atoms with Crippen LogP contribution in [0.4, 0.5) is 21.6 Å². The molecule has 0 unspecified atom stereocenters. The van der Waals surface area contributed by atoms with E-state index in [0.29, 0.717) is 10.2 Å². The smallest absolute Gasteiger partial charge is 0.258 e. The highest BCUT2D eigenvalue weighted by molar-refractivity contribution is 7.92. The molecule has 0 saturated heterocycles. The van der Waals surface area contributed by atoms with Gasteiger partial charge in [0.05, 0.1) is 49.6 Å². The Morgan fingerprint density at radius 3 is 2.76 bits per heavy atom.